The summed E-state index contributed by atoms with van der Waals surface area (Å²) in [6.07, 6.45) is 4.75. The molecule has 1 heterocycles. The second kappa shape index (κ2) is 5.76. The van der Waals surface area contributed by atoms with Gasteiger partial charge in [0.05, 0.1) is 0 Å². The highest BCUT2D eigenvalue weighted by Crippen LogP contribution is 2.23. The lowest BCUT2D eigenvalue weighted by molar-refractivity contribution is -0.122. The molecule has 0 aromatic heterocycles. The molecule has 1 saturated carbocycles. The van der Waals surface area contributed by atoms with E-state index in [2.05, 4.69) is 12.2 Å². The van der Waals surface area contributed by atoms with Crippen molar-refractivity contribution in [3.63, 3.8) is 0 Å². The van der Waals surface area contributed by atoms with Crippen molar-refractivity contribution in [1.29, 1.82) is 0 Å². The molecule has 2 amide bonds. The minimum absolute atomic E-state index is 0.000370. The van der Waals surface area contributed by atoms with Crippen LogP contribution < -0.4 is 5.32 Å². The third-order valence-corrected chi connectivity index (χ3v) is 4.53. The number of carbonyl (C=O) groups is 2. The van der Waals surface area contributed by atoms with Crippen LogP contribution in [0.5, 0.6) is 0 Å². The lowest BCUT2D eigenvalue weighted by Crippen LogP contribution is -2.45. The molecule has 0 aromatic carbocycles. The normalized spacial score (nSPS) is 29.5. The van der Waals surface area contributed by atoms with E-state index < -0.39 is 0 Å². The number of carbonyl (C=O) groups excluding carboxylic acids is 2. The van der Waals surface area contributed by atoms with Crippen LogP contribution in [0.15, 0.2) is 0 Å². The number of hydrogen-bond donors (Lipinski definition) is 1. The van der Waals surface area contributed by atoms with Gasteiger partial charge in [-0.15, -0.1) is 0 Å². The molecular formula is C12H20N2O2S. The van der Waals surface area contributed by atoms with E-state index in [0.717, 1.165) is 12.2 Å². The fraction of sp³-hybridized carbons (Fsp3) is 0.833. The van der Waals surface area contributed by atoms with Crippen molar-refractivity contribution in [2.75, 3.05) is 18.8 Å². The van der Waals surface area contributed by atoms with Crippen LogP contribution in [0.25, 0.3) is 0 Å². The largest absolute Gasteiger partial charge is 0.352 e. The zero-order valence-corrected chi connectivity index (χ0v) is 11.1. The van der Waals surface area contributed by atoms with Crippen LogP contribution in [-0.2, 0) is 4.79 Å². The zero-order valence-electron chi connectivity index (χ0n) is 10.3. The van der Waals surface area contributed by atoms with Crippen LogP contribution in [0.2, 0.25) is 0 Å². The molecule has 0 unspecified atom stereocenters. The molecule has 2 aliphatic rings. The second-order valence-electron chi connectivity index (χ2n) is 4.97. The van der Waals surface area contributed by atoms with E-state index in [1.54, 1.807) is 4.90 Å². The Hall–Kier alpha value is -0.710. The van der Waals surface area contributed by atoms with Crippen molar-refractivity contribution >= 4 is 22.9 Å². The Morgan fingerprint density at radius 1 is 1.47 bits per heavy atom. The molecule has 17 heavy (non-hydrogen) atoms. The third kappa shape index (κ3) is 3.37. The van der Waals surface area contributed by atoms with Crippen molar-refractivity contribution in [2.45, 2.75) is 38.6 Å². The molecular weight excluding hydrogens is 236 g/mol. The van der Waals surface area contributed by atoms with Gasteiger partial charge in [0.25, 0.3) is 5.24 Å². The Morgan fingerprint density at radius 3 is 2.88 bits per heavy atom. The fourth-order valence-electron chi connectivity index (χ4n) is 2.53. The van der Waals surface area contributed by atoms with Crippen molar-refractivity contribution in [2.24, 2.45) is 5.92 Å². The maximum absolute atomic E-state index is 11.8. The van der Waals surface area contributed by atoms with Gasteiger partial charge in [0.15, 0.2) is 0 Å². The van der Waals surface area contributed by atoms with E-state index in [0.29, 0.717) is 18.5 Å². The van der Waals surface area contributed by atoms with Crippen molar-refractivity contribution in [1.82, 2.24) is 10.2 Å². The van der Waals surface area contributed by atoms with E-state index in [4.69, 9.17) is 0 Å². The first-order valence-electron chi connectivity index (χ1n) is 6.38. The quantitative estimate of drug-likeness (QED) is 0.838. The predicted octanol–water partition coefficient (Wildman–Crippen LogP) is 1.85. The van der Waals surface area contributed by atoms with E-state index in [9.17, 15) is 9.59 Å². The topological polar surface area (TPSA) is 49.4 Å². The van der Waals surface area contributed by atoms with Gasteiger partial charge >= 0.3 is 0 Å². The Labute approximate surface area is 106 Å². The van der Waals surface area contributed by atoms with Gasteiger partial charge in [-0.05, 0) is 18.8 Å². The van der Waals surface area contributed by atoms with Crippen molar-refractivity contribution in [3.8, 4) is 0 Å². The molecule has 96 valence electrons. The zero-order chi connectivity index (χ0) is 12.3. The van der Waals surface area contributed by atoms with Gasteiger partial charge in [0.2, 0.25) is 5.91 Å². The SMILES string of the molecule is C[C@H]1CCCC[C@@H]1NC(=O)CN1CCSC1=O. The van der Waals surface area contributed by atoms with Gasteiger partial charge in [0, 0.05) is 18.3 Å². The highest BCUT2D eigenvalue weighted by atomic mass is 32.2. The van der Waals surface area contributed by atoms with E-state index >= 15 is 0 Å². The van der Waals surface area contributed by atoms with Gasteiger partial charge in [0.1, 0.15) is 6.54 Å². The summed E-state index contributed by atoms with van der Waals surface area (Å²) in [4.78, 5) is 24.9. The Bertz CT molecular complexity index is 309. The summed E-state index contributed by atoms with van der Waals surface area (Å²) in [5.41, 5.74) is 0. The summed E-state index contributed by atoms with van der Waals surface area (Å²) in [7, 11) is 0. The first kappa shape index (κ1) is 12.7. The maximum atomic E-state index is 11.8. The van der Waals surface area contributed by atoms with Crippen LogP contribution in [0.1, 0.15) is 32.6 Å². The number of rotatable bonds is 3. The molecule has 1 saturated heterocycles. The Morgan fingerprint density at radius 2 is 2.24 bits per heavy atom. The van der Waals surface area contributed by atoms with Crippen molar-refractivity contribution in [3.05, 3.63) is 0 Å². The Balaban J connectivity index is 1.78. The monoisotopic (exact) mass is 256 g/mol. The van der Waals surface area contributed by atoms with Gasteiger partial charge in [-0.25, -0.2) is 0 Å². The minimum Gasteiger partial charge on any atom is -0.352 e. The number of nitrogens with zero attached hydrogens (tertiary/aromatic N) is 1. The lowest BCUT2D eigenvalue weighted by atomic mass is 9.86. The van der Waals surface area contributed by atoms with Gasteiger partial charge in [-0.1, -0.05) is 31.5 Å². The smallest absolute Gasteiger partial charge is 0.282 e. The van der Waals surface area contributed by atoms with Gasteiger partial charge in [-0.2, -0.15) is 0 Å². The van der Waals surface area contributed by atoms with Crippen LogP contribution in [0.3, 0.4) is 0 Å². The molecule has 5 heteroatoms. The molecule has 0 spiro atoms. The van der Waals surface area contributed by atoms with Crippen LogP contribution in [-0.4, -0.2) is 40.9 Å². The van der Waals surface area contributed by atoms with Crippen LogP contribution in [0.4, 0.5) is 4.79 Å². The average molecular weight is 256 g/mol. The highest BCUT2D eigenvalue weighted by Gasteiger charge is 2.26. The molecule has 1 N–H and O–H groups in total. The molecule has 4 nitrogen and oxygen atoms in total. The predicted molar refractivity (Wildman–Crippen MR) is 69.0 cm³/mol. The molecule has 0 aromatic rings. The average Bonchev–Trinajstić information content (AvgIpc) is 2.68. The Kier molecular flexibility index (Phi) is 4.31. The number of hydrogen-bond acceptors (Lipinski definition) is 3. The fourth-order valence-corrected chi connectivity index (χ4v) is 3.35. The third-order valence-electron chi connectivity index (χ3n) is 3.64. The summed E-state index contributed by atoms with van der Waals surface area (Å²) < 4.78 is 0. The van der Waals surface area contributed by atoms with Gasteiger partial charge < -0.3 is 10.2 Å². The minimum atomic E-state index is -0.000370. The van der Waals surface area contributed by atoms with E-state index in [1.165, 1.54) is 31.0 Å². The first-order chi connectivity index (χ1) is 8.16. The maximum Gasteiger partial charge on any atom is 0.282 e. The van der Waals surface area contributed by atoms with E-state index in [-0.39, 0.29) is 17.7 Å². The summed E-state index contributed by atoms with van der Waals surface area (Å²) in [6.45, 7) is 3.13. The summed E-state index contributed by atoms with van der Waals surface area (Å²) in [5.74, 6) is 1.38. The molecule has 1 aliphatic heterocycles. The van der Waals surface area contributed by atoms with E-state index in [1.807, 2.05) is 0 Å². The molecule has 1 aliphatic carbocycles. The summed E-state index contributed by atoms with van der Waals surface area (Å²) in [6, 6.07) is 0.307. The first-order valence-corrected chi connectivity index (χ1v) is 7.36. The van der Waals surface area contributed by atoms with Gasteiger partial charge in [-0.3, -0.25) is 9.59 Å². The summed E-state index contributed by atoms with van der Waals surface area (Å²) in [5, 5.41) is 3.11. The lowest BCUT2D eigenvalue weighted by Gasteiger charge is -2.30. The number of nitrogens with one attached hydrogen (secondary N) is 1. The number of thioether (sulfide) groups is 1. The molecule has 0 radical (unpaired) electrons. The molecule has 2 atom stereocenters. The molecule has 2 fully saturated rings. The molecule has 0 bridgehead atoms. The second-order valence-corrected chi connectivity index (χ2v) is 6.02. The van der Waals surface area contributed by atoms with Crippen molar-refractivity contribution < 1.29 is 9.59 Å². The van der Waals surface area contributed by atoms with Crippen LogP contribution >= 0.6 is 11.8 Å². The standard InChI is InChI=1S/C12H20N2O2S/c1-9-4-2-3-5-10(9)13-11(15)8-14-6-7-17-12(14)16/h9-10H,2-8H2,1H3,(H,13,15)/t9-,10-/m0/s1. The highest BCUT2D eigenvalue weighted by molar-refractivity contribution is 8.13. The number of amides is 2. The van der Waals surface area contributed by atoms with Crippen LogP contribution in [0, 0.1) is 5.92 Å². The summed E-state index contributed by atoms with van der Waals surface area (Å²) >= 11 is 1.30. The molecule has 2 rings (SSSR count).